The summed E-state index contributed by atoms with van der Waals surface area (Å²) in [5.41, 5.74) is 0. The lowest BCUT2D eigenvalue weighted by Crippen LogP contribution is -2.25. The van der Waals surface area contributed by atoms with Crippen LogP contribution in [0.4, 0.5) is 0 Å². The van der Waals surface area contributed by atoms with E-state index in [2.05, 4.69) is 4.74 Å². The Morgan fingerprint density at radius 3 is 2.40 bits per heavy atom. The average molecular weight is 146 g/mol. The van der Waals surface area contributed by atoms with Crippen molar-refractivity contribution in [2.75, 3.05) is 6.61 Å². The number of Topliss-reactive ketones (excluding diaryl/α,β-unsaturated/α-hetero) is 1. The lowest BCUT2D eigenvalue weighted by Gasteiger charge is -2.07. The van der Waals surface area contributed by atoms with Gasteiger partial charge in [-0.25, -0.2) is 0 Å². The summed E-state index contributed by atoms with van der Waals surface area (Å²) < 4.78 is 4.45. The summed E-state index contributed by atoms with van der Waals surface area (Å²) in [4.78, 5) is 20.7. The van der Waals surface area contributed by atoms with Crippen molar-refractivity contribution in [3.63, 3.8) is 0 Å². The molecule has 0 fully saturated rings. The van der Waals surface area contributed by atoms with Crippen molar-refractivity contribution in [2.24, 2.45) is 0 Å². The van der Waals surface area contributed by atoms with Crippen LogP contribution < -0.4 is 0 Å². The normalized spacial score (nSPS) is 12.3. The Bertz CT molecular complexity index is 141. The van der Waals surface area contributed by atoms with Crippen molar-refractivity contribution >= 4 is 11.8 Å². The molecule has 0 heterocycles. The molecule has 1 atom stereocenters. The molecule has 0 aliphatic rings. The molecule has 0 rings (SSSR count). The Morgan fingerprint density at radius 2 is 2.10 bits per heavy atom. The van der Waals surface area contributed by atoms with E-state index in [1.807, 2.05) is 0 Å². The van der Waals surface area contributed by atoms with Gasteiger partial charge in [-0.05, 0) is 6.92 Å². The van der Waals surface area contributed by atoms with E-state index in [0.29, 0.717) is 0 Å². The zero-order valence-corrected chi connectivity index (χ0v) is 5.96. The van der Waals surface area contributed by atoms with Gasteiger partial charge in [0.25, 0.3) is 0 Å². The molecule has 0 aliphatic heterocycles. The van der Waals surface area contributed by atoms with Gasteiger partial charge in [-0.1, -0.05) is 0 Å². The monoisotopic (exact) mass is 146 g/mol. The number of carbonyl (C=O) groups is 2. The summed E-state index contributed by atoms with van der Waals surface area (Å²) in [6.45, 7) is 2.04. The summed E-state index contributed by atoms with van der Waals surface area (Å²) in [6, 6.07) is 0. The number of ether oxygens (including phenoxy) is 1. The second kappa shape index (κ2) is 4.00. The Hall–Kier alpha value is -0.900. The maximum absolute atomic E-state index is 10.5. The van der Waals surface area contributed by atoms with Crippen molar-refractivity contribution in [1.29, 1.82) is 0 Å². The molecule has 58 valence electrons. The number of hydrogen-bond donors (Lipinski definition) is 1. The van der Waals surface area contributed by atoms with Gasteiger partial charge in [0.05, 0.1) is 0 Å². The van der Waals surface area contributed by atoms with Crippen LogP contribution in [0.15, 0.2) is 0 Å². The molecular weight excluding hydrogens is 136 g/mol. The molecule has 0 saturated heterocycles. The summed E-state index contributed by atoms with van der Waals surface area (Å²) in [5.74, 6) is -1.01. The number of hydrogen-bond acceptors (Lipinski definition) is 4. The SMILES string of the molecule is CC(=O)OC(C)C(=O)CO. The van der Waals surface area contributed by atoms with Crippen LogP contribution >= 0.6 is 0 Å². The molecule has 0 aromatic heterocycles. The second-order valence-corrected chi connectivity index (χ2v) is 1.88. The first-order chi connectivity index (χ1) is 4.57. The van der Waals surface area contributed by atoms with Crippen LogP contribution in [0.2, 0.25) is 0 Å². The van der Waals surface area contributed by atoms with Gasteiger partial charge in [0.2, 0.25) is 0 Å². The zero-order chi connectivity index (χ0) is 8.15. The Balaban J connectivity index is 3.72. The first-order valence-corrected chi connectivity index (χ1v) is 2.88. The van der Waals surface area contributed by atoms with Crippen LogP contribution in [0, 0.1) is 0 Å². The van der Waals surface area contributed by atoms with E-state index in [4.69, 9.17) is 5.11 Å². The number of rotatable bonds is 3. The van der Waals surface area contributed by atoms with Crippen LogP contribution in [-0.2, 0) is 14.3 Å². The van der Waals surface area contributed by atoms with Gasteiger partial charge in [-0.15, -0.1) is 0 Å². The van der Waals surface area contributed by atoms with Crippen LogP contribution in [0.25, 0.3) is 0 Å². The van der Waals surface area contributed by atoms with Crippen molar-refractivity contribution in [1.82, 2.24) is 0 Å². The highest BCUT2D eigenvalue weighted by Crippen LogP contribution is 1.91. The van der Waals surface area contributed by atoms with E-state index < -0.39 is 24.5 Å². The molecule has 4 nitrogen and oxygen atoms in total. The van der Waals surface area contributed by atoms with E-state index in [-0.39, 0.29) is 0 Å². The molecule has 0 radical (unpaired) electrons. The summed E-state index contributed by atoms with van der Waals surface area (Å²) in [7, 11) is 0. The summed E-state index contributed by atoms with van der Waals surface area (Å²) in [6.07, 6.45) is -0.831. The van der Waals surface area contributed by atoms with Crippen molar-refractivity contribution in [3.05, 3.63) is 0 Å². The Morgan fingerprint density at radius 1 is 1.60 bits per heavy atom. The number of ketones is 1. The number of aliphatic hydroxyl groups is 1. The third kappa shape index (κ3) is 3.19. The van der Waals surface area contributed by atoms with Gasteiger partial charge in [0, 0.05) is 6.92 Å². The number of carbonyl (C=O) groups excluding carboxylic acids is 2. The molecule has 1 unspecified atom stereocenters. The minimum atomic E-state index is -0.831. The lowest BCUT2D eigenvalue weighted by atomic mass is 10.3. The minimum Gasteiger partial charge on any atom is -0.455 e. The average Bonchev–Trinajstić information content (AvgIpc) is 1.85. The highest BCUT2D eigenvalue weighted by Gasteiger charge is 2.13. The van der Waals surface area contributed by atoms with Crippen LogP contribution in [0.1, 0.15) is 13.8 Å². The van der Waals surface area contributed by atoms with E-state index in [1.165, 1.54) is 13.8 Å². The highest BCUT2D eigenvalue weighted by atomic mass is 16.5. The van der Waals surface area contributed by atoms with E-state index >= 15 is 0 Å². The highest BCUT2D eigenvalue weighted by molar-refractivity contribution is 5.85. The molecule has 0 spiro atoms. The number of esters is 1. The Kier molecular flexibility index (Phi) is 3.64. The van der Waals surface area contributed by atoms with Crippen LogP contribution in [0.5, 0.6) is 0 Å². The van der Waals surface area contributed by atoms with Crippen molar-refractivity contribution in [3.8, 4) is 0 Å². The van der Waals surface area contributed by atoms with E-state index in [0.717, 1.165) is 0 Å². The van der Waals surface area contributed by atoms with Gasteiger partial charge in [-0.3, -0.25) is 9.59 Å². The molecule has 0 bridgehead atoms. The van der Waals surface area contributed by atoms with Gasteiger partial charge >= 0.3 is 5.97 Å². The van der Waals surface area contributed by atoms with Crippen molar-refractivity contribution < 1.29 is 19.4 Å². The minimum absolute atomic E-state index is 0.491. The van der Waals surface area contributed by atoms with Gasteiger partial charge < -0.3 is 9.84 Å². The maximum Gasteiger partial charge on any atom is 0.303 e. The molecule has 4 heteroatoms. The van der Waals surface area contributed by atoms with Gasteiger partial charge in [-0.2, -0.15) is 0 Å². The quantitative estimate of drug-likeness (QED) is 0.545. The molecule has 0 saturated carbocycles. The third-order valence-corrected chi connectivity index (χ3v) is 0.952. The first-order valence-electron chi connectivity index (χ1n) is 2.88. The Labute approximate surface area is 58.8 Å². The third-order valence-electron chi connectivity index (χ3n) is 0.952. The molecule has 0 aromatic rings. The molecular formula is C6H10O4. The largest absolute Gasteiger partial charge is 0.455 e. The van der Waals surface area contributed by atoms with Gasteiger partial charge in [0.15, 0.2) is 11.9 Å². The number of aliphatic hydroxyl groups excluding tert-OH is 1. The predicted molar refractivity (Wildman–Crippen MR) is 33.3 cm³/mol. The standard InChI is InChI=1S/C6H10O4/c1-4(6(9)3-7)10-5(2)8/h4,7H,3H2,1-2H3. The fourth-order valence-corrected chi connectivity index (χ4v) is 0.443. The van der Waals surface area contributed by atoms with Crippen molar-refractivity contribution in [2.45, 2.75) is 20.0 Å². The van der Waals surface area contributed by atoms with Gasteiger partial charge in [0.1, 0.15) is 6.61 Å². The molecule has 0 aromatic carbocycles. The molecule has 10 heavy (non-hydrogen) atoms. The summed E-state index contributed by atoms with van der Waals surface area (Å²) >= 11 is 0. The second-order valence-electron chi connectivity index (χ2n) is 1.88. The molecule has 1 N–H and O–H groups in total. The van der Waals surface area contributed by atoms with E-state index in [1.54, 1.807) is 0 Å². The van der Waals surface area contributed by atoms with E-state index in [9.17, 15) is 9.59 Å². The lowest BCUT2D eigenvalue weighted by molar-refractivity contribution is -0.152. The smallest absolute Gasteiger partial charge is 0.303 e. The van der Waals surface area contributed by atoms with Crippen LogP contribution in [0.3, 0.4) is 0 Å². The topological polar surface area (TPSA) is 63.6 Å². The predicted octanol–water partition coefficient (Wildman–Crippen LogP) is -0.501. The molecule has 0 aliphatic carbocycles. The molecule has 0 amide bonds. The fourth-order valence-electron chi connectivity index (χ4n) is 0.443. The zero-order valence-electron chi connectivity index (χ0n) is 5.96. The maximum atomic E-state index is 10.5. The summed E-state index contributed by atoms with van der Waals surface area (Å²) in [5, 5.41) is 8.28. The first kappa shape index (κ1) is 9.10. The van der Waals surface area contributed by atoms with Crippen LogP contribution in [-0.4, -0.2) is 29.6 Å². The fraction of sp³-hybridized carbons (Fsp3) is 0.667.